The van der Waals surface area contributed by atoms with Crippen LogP contribution in [-0.2, 0) is 6.61 Å². The van der Waals surface area contributed by atoms with Crippen molar-refractivity contribution >= 4 is 17.3 Å². The van der Waals surface area contributed by atoms with E-state index in [4.69, 9.17) is 12.5 Å². The summed E-state index contributed by atoms with van der Waals surface area (Å²) in [6.07, 6.45) is 3.32. The maximum absolute atomic E-state index is 14.5. The number of carbonyl (C=O) groups excluding carboxylic acids is 1. The molecule has 3 N–H and O–H groups in total. The fourth-order valence-electron chi connectivity index (χ4n) is 4.32. The Hall–Kier alpha value is -3.80. The van der Waals surface area contributed by atoms with Crippen LogP contribution < -0.4 is 44.8 Å². The number of alkyl halides is 1. The average molecular weight is 599 g/mol. The van der Waals surface area contributed by atoms with Crippen LogP contribution in [0.25, 0.3) is 11.3 Å². The molecule has 0 spiro atoms. The summed E-state index contributed by atoms with van der Waals surface area (Å²) in [6.45, 7) is 0.789. The van der Waals surface area contributed by atoms with Crippen molar-refractivity contribution in [3.8, 4) is 28.5 Å². The van der Waals surface area contributed by atoms with Gasteiger partial charge >= 0.3 is 217 Å². The Morgan fingerprint density at radius 3 is 2.89 bits per heavy atom. The quantitative estimate of drug-likeness (QED) is 0.245. The Labute approximate surface area is 217 Å². The minimum atomic E-state index is -0.830. The zero-order valence-electron chi connectivity index (χ0n) is 19.1. The van der Waals surface area contributed by atoms with E-state index in [1.165, 1.54) is 13.2 Å². The number of ether oxygens (including phenoxy) is 2. The van der Waals surface area contributed by atoms with Gasteiger partial charge in [-0.3, -0.25) is 0 Å². The number of anilines is 2. The van der Waals surface area contributed by atoms with Gasteiger partial charge in [0, 0.05) is 0 Å². The summed E-state index contributed by atoms with van der Waals surface area (Å²) in [5, 5.41) is 6.27. The van der Waals surface area contributed by atoms with Gasteiger partial charge in [0.15, 0.2) is 0 Å². The summed E-state index contributed by atoms with van der Waals surface area (Å²) >= 11 is -0.830. The van der Waals surface area contributed by atoms with Gasteiger partial charge in [-0.15, -0.1) is 0 Å². The monoisotopic (exact) mass is 599 g/mol. The Morgan fingerprint density at radius 1 is 1.19 bits per heavy atom. The number of carbonyl (C=O) groups is 1. The van der Waals surface area contributed by atoms with Crippen LogP contribution in [0.15, 0.2) is 60.9 Å². The molecule has 1 atom stereocenters. The molecule has 0 radical (unpaired) electrons. The number of nitrogens with one attached hydrogen (secondary N) is 3. The summed E-state index contributed by atoms with van der Waals surface area (Å²) in [5.41, 5.74) is 4.48. The third-order valence-corrected chi connectivity index (χ3v) is 8.49. The van der Waals surface area contributed by atoms with Crippen LogP contribution in [0.5, 0.6) is 17.2 Å². The summed E-state index contributed by atoms with van der Waals surface area (Å²) in [6, 6.07) is 14.3. The molecule has 0 saturated carbocycles. The van der Waals surface area contributed by atoms with Crippen molar-refractivity contribution in [3.05, 3.63) is 83.6 Å². The van der Waals surface area contributed by atoms with E-state index in [1.807, 2.05) is 30.3 Å². The molecule has 1 amide bonds. The number of methoxy groups -OCH3 is 1. The van der Waals surface area contributed by atoms with Crippen molar-refractivity contribution in [1.29, 1.82) is 0 Å². The number of aromatic amines is 1. The summed E-state index contributed by atoms with van der Waals surface area (Å²) in [4.78, 5) is 20.9. The van der Waals surface area contributed by atoms with Crippen LogP contribution in [0.4, 0.5) is 15.8 Å². The number of nitrogens with zero attached hydrogens (tertiary/aromatic N) is 1. The minimum absolute atomic E-state index is 0.0333. The van der Waals surface area contributed by atoms with Crippen molar-refractivity contribution in [1.82, 2.24) is 15.3 Å². The Kier molecular flexibility index (Phi) is 5.88. The number of fused-ring (bicyclic) bond motifs is 4. The van der Waals surface area contributed by atoms with Crippen LogP contribution in [0, 0.1) is 5.82 Å². The molecule has 2 aromatic carbocycles. The molecule has 0 fully saturated rings. The maximum atomic E-state index is 14.5. The molecule has 3 aliphatic rings. The number of hydrogen-bond acceptors (Lipinski definition) is 6. The normalized spacial score (nSPS) is 16.4. The van der Waals surface area contributed by atoms with Gasteiger partial charge in [0.25, 0.3) is 0 Å². The van der Waals surface area contributed by atoms with Crippen LogP contribution in [0.3, 0.4) is 0 Å². The van der Waals surface area contributed by atoms with E-state index in [0.717, 1.165) is 22.6 Å². The van der Waals surface area contributed by atoms with Gasteiger partial charge in [-0.2, -0.15) is 0 Å². The number of para-hydroxylation sites is 1. The van der Waals surface area contributed by atoms with Crippen LogP contribution in [0.2, 0.25) is 0 Å². The van der Waals surface area contributed by atoms with Crippen LogP contribution >= 0.6 is 0 Å². The van der Waals surface area contributed by atoms with Crippen molar-refractivity contribution in [2.75, 3.05) is 19.0 Å². The number of hydrogen-bond donors (Lipinski definition) is 3. The molecule has 4 bridgehead atoms. The SMILES string of the molecule is COc1c(F)cccc1Nc1c2[nH]c3c1C(=O)NCC3[I-]Oc1ccc(cc1)COc1cnccc1-2. The van der Waals surface area contributed by atoms with E-state index in [9.17, 15) is 9.18 Å². The molecule has 7 rings (SSSR count). The van der Waals surface area contributed by atoms with E-state index in [0.29, 0.717) is 41.5 Å². The molecule has 184 valence electrons. The van der Waals surface area contributed by atoms with Crippen molar-refractivity contribution in [2.45, 2.75) is 10.5 Å². The van der Waals surface area contributed by atoms with Gasteiger partial charge < -0.3 is 0 Å². The molecule has 36 heavy (non-hydrogen) atoms. The van der Waals surface area contributed by atoms with Crippen molar-refractivity contribution in [3.63, 3.8) is 0 Å². The topological polar surface area (TPSA) is 97.5 Å². The number of benzene rings is 2. The van der Waals surface area contributed by atoms with Gasteiger partial charge in [-0.25, -0.2) is 0 Å². The summed E-state index contributed by atoms with van der Waals surface area (Å²) in [5.74, 6) is 0.648. The number of aromatic nitrogens is 2. The molecular weight excluding hydrogens is 578 g/mol. The molecule has 10 heteroatoms. The number of halogens is 2. The van der Waals surface area contributed by atoms with Gasteiger partial charge in [0.2, 0.25) is 0 Å². The number of pyridine rings is 1. The second-order valence-electron chi connectivity index (χ2n) is 8.26. The first kappa shape index (κ1) is 22.7. The fraction of sp³-hybridized carbons (Fsp3) is 0.154. The molecule has 5 heterocycles. The first-order valence-corrected chi connectivity index (χ1v) is 13.3. The predicted molar refractivity (Wildman–Crippen MR) is 127 cm³/mol. The third-order valence-electron chi connectivity index (χ3n) is 6.05. The van der Waals surface area contributed by atoms with E-state index in [2.05, 4.69) is 20.6 Å². The first-order chi connectivity index (χ1) is 17.6. The second-order valence-corrected chi connectivity index (χ2v) is 10.7. The molecule has 3 aliphatic heterocycles. The van der Waals surface area contributed by atoms with E-state index >= 15 is 0 Å². The Morgan fingerprint density at radius 2 is 2.06 bits per heavy atom. The summed E-state index contributed by atoms with van der Waals surface area (Å²) in [7, 11) is 1.41. The van der Waals surface area contributed by atoms with Crippen LogP contribution in [-0.4, -0.2) is 29.5 Å². The average Bonchev–Trinajstić information content (AvgIpc) is 3.27. The molecule has 4 aromatic rings. The van der Waals surface area contributed by atoms with Crippen LogP contribution in [0.1, 0.15) is 25.5 Å². The Bertz CT molecular complexity index is 1460. The predicted octanol–water partition coefficient (Wildman–Crippen LogP) is 1.73. The number of rotatable bonds is 3. The molecular formula is C26H21FIN4O4-. The van der Waals surface area contributed by atoms with Gasteiger partial charge in [0.1, 0.15) is 0 Å². The molecule has 1 unspecified atom stereocenters. The molecule has 8 nitrogen and oxygen atoms in total. The first-order valence-electron chi connectivity index (χ1n) is 11.2. The van der Waals surface area contributed by atoms with Crippen molar-refractivity contribution in [2.24, 2.45) is 0 Å². The second kappa shape index (κ2) is 9.34. The van der Waals surface area contributed by atoms with Gasteiger partial charge in [-0.1, -0.05) is 0 Å². The van der Waals surface area contributed by atoms with E-state index < -0.39 is 27.4 Å². The third kappa shape index (κ3) is 4.00. The number of H-pyrrole nitrogens is 1. The molecule has 0 aliphatic carbocycles. The molecule has 0 saturated heterocycles. The standard InChI is InChI=1S/C26H21FIN4O4/c1-34-25-17(27)3-2-4-19(25)31-24-21-23-18(11-30-26(21)33)28-36-15-7-5-14(6-8-15)13-35-20-12-29-10-9-16(20)22(24)32-23/h2-10,12,18,31-32H,11,13H2,1H3,(H,30,33)/q-1. The fourth-order valence-corrected chi connectivity index (χ4v) is 6.34. The van der Waals surface area contributed by atoms with Crippen molar-refractivity contribution < 1.29 is 43.3 Å². The molecule has 2 aromatic heterocycles. The van der Waals surface area contributed by atoms with Gasteiger partial charge in [0.05, 0.1) is 0 Å². The summed E-state index contributed by atoms with van der Waals surface area (Å²) < 4.78 is 32.1. The van der Waals surface area contributed by atoms with Gasteiger partial charge in [-0.05, 0) is 0 Å². The number of amides is 1. The Balaban J connectivity index is 1.56. The zero-order chi connectivity index (χ0) is 24.6. The van der Waals surface area contributed by atoms with E-state index in [1.54, 1.807) is 24.5 Å². The zero-order valence-corrected chi connectivity index (χ0v) is 21.3. The van der Waals surface area contributed by atoms with E-state index in [-0.39, 0.29) is 15.6 Å².